The molecule has 0 saturated carbocycles. The summed E-state index contributed by atoms with van der Waals surface area (Å²) in [4.78, 5) is 0. The van der Waals surface area contributed by atoms with Crippen LogP contribution in [0.15, 0.2) is 30.3 Å². The van der Waals surface area contributed by atoms with Crippen molar-refractivity contribution in [1.29, 1.82) is 0 Å². The topological polar surface area (TPSA) is 32.8 Å². The predicted molar refractivity (Wildman–Crippen MR) is 55.0 cm³/mol. The van der Waals surface area contributed by atoms with Crippen LogP contribution in [0.2, 0.25) is 0 Å². The van der Waals surface area contributed by atoms with E-state index in [1.807, 2.05) is 37.3 Å². The summed E-state index contributed by atoms with van der Waals surface area (Å²) in [6.07, 6.45) is 0.0879. The summed E-state index contributed by atoms with van der Waals surface area (Å²) in [6, 6.07) is 9.91. The molecule has 2 rings (SSSR count). The molecule has 2 heteroatoms. The van der Waals surface area contributed by atoms with E-state index in [0.29, 0.717) is 0 Å². The maximum atomic E-state index is 10.1. The van der Waals surface area contributed by atoms with Gasteiger partial charge in [0.05, 0.1) is 11.7 Å². The van der Waals surface area contributed by atoms with Gasteiger partial charge in [-0.3, -0.25) is 0 Å². The molecule has 76 valence electrons. The maximum absolute atomic E-state index is 10.1. The Morgan fingerprint density at radius 2 is 1.79 bits per heavy atom. The molecule has 0 unspecified atom stereocenters. The molecule has 2 nitrogen and oxygen atoms in total. The zero-order valence-electron chi connectivity index (χ0n) is 8.82. The second-order valence-electron chi connectivity index (χ2n) is 4.42. The van der Waals surface area contributed by atoms with Gasteiger partial charge in [0.2, 0.25) is 0 Å². The average molecular weight is 192 g/mol. The van der Waals surface area contributed by atoms with Crippen LogP contribution in [0.3, 0.4) is 0 Å². The molecule has 0 amide bonds. The van der Waals surface area contributed by atoms with Gasteiger partial charge in [-0.25, -0.2) is 0 Å². The molecule has 0 aromatic heterocycles. The van der Waals surface area contributed by atoms with E-state index < -0.39 is 11.2 Å². The van der Waals surface area contributed by atoms with Crippen LogP contribution in [0.4, 0.5) is 0 Å². The first-order chi connectivity index (χ1) is 6.48. The zero-order chi connectivity index (χ0) is 10.4. The van der Waals surface area contributed by atoms with Gasteiger partial charge in [0.15, 0.2) is 0 Å². The molecule has 1 aromatic carbocycles. The summed E-state index contributed by atoms with van der Waals surface area (Å²) in [6.45, 7) is 5.58. The van der Waals surface area contributed by atoms with Crippen molar-refractivity contribution in [2.45, 2.75) is 38.1 Å². The molecule has 1 N–H and O–H groups in total. The Balaban J connectivity index is 2.42. The van der Waals surface area contributed by atoms with Crippen LogP contribution in [0.1, 0.15) is 26.3 Å². The molecule has 0 spiro atoms. The van der Waals surface area contributed by atoms with Crippen LogP contribution in [0, 0.1) is 0 Å². The molecule has 0 aliphatic carbocycles. The number of epoxide rings is 1. The smallest absolute Gasteiger partial charge is 0.147 e. The van der Waals surface area contributed by atoms with E-state index in [0.717, 1.165) is 5.56 Å². The molecule has 1 aromatic rings. The van der Waals surface area contributed by atoms with Gasteiger partial charge in [0, 0.05) is 0 Å². The number of hydrogen-bond donors (Lipinski definition) is 1. The highest BCUT2D eigenvalue weighted by molar-refractivity contribution is 5.32. The van der Waals surface area contributed by atoms with Gasteiger partial charge in [-0.1, -0.05) is 30.3 Å². The Hall–Kier alpha value is -0.860. The monoisotopic (exact) mass is 192 g/mol. The molecule has 1 saturated heterocycles. The molecular weight excluding hydrogens is 176 g/mol. The summed E-state index contributed by atoms with van der Waals surface area (Å²) in [5, 5.41) is 10.1. The Labute approximate surface area is 84.5 Å². The average Bonchev–Trinajstić information content (AvgIpc) is 2.79. The molecule has 0 radical (unpaired) electrons. The highest BCUT2D eigenvalue weighted by Crippen LogP contribution is 2.53. The lowest BCUT2D eigenvalue weighted by Gasteiger charge is -2.27. The van der Waals surface area contributed by atoms with Gasteiger partial charge in [0.1, 0.15) is 5.60 Å². The first-order valence-electron chi connectivity index (χ1n) is 4.94. The minimum absolute atomic E-state index is 0.0879. The fraction of sp³-hybridized carbons (Fsp3) is 0.500. The second-order valence-corrected chi connectivity index (χ2v) is 4.42. The third-order valence-electron chi connectivity index (χ3n) is 2.99. The van der Waals surface area contributed by atoms with Crippen molar-refractivity contribution in [3.8, 4) is 0 Å². The van der Waals surface area contributed by atoms with E-state index in [-0.39, 0.29) is 6.10 Å². The second kappa shape index (κ2) is 2.81. The molecule has 1 aliphatic rings. The van der Waals surface area contributed by atoms with E-state index in [4.69, 9.17) is 4.74 Å². The lowest BCUT2D eigenvalue weighted by Crippen LogP contribution is -2.38. The van der Waals surface area contributed by atoms with Gasteiger partial charge in [0.25, 0.3) is 0 Å². The van der Waals surface area contributed by atoms with Gasteiger partial charge in [-0.15, -0.1) is 0 Å². The van der Waals surface area contributed by atoms with Crippen LogP contribution in [-0.2, 0) is 10.3 Å². The van der Waals surface area contributed by atoms with E-state index >= 15 is 0 Å². The Morgan fingerprint density at radius 3 is 2.14 bits per heavy atom. The molecule has 2 atom stereocenters. The number of hydrogen-bond acceptors (Lipinski definition) is 2. The molecule has 0 bridgehead atoms. The summed E-state index contributed by atoms with van der Waals surface area (Å²) in [5.74, 6) is 0. The lowest BCUT2D eigenvalue weighted by molar-refractivity contribution is -0.00846. The molecular formula is C12H16O2. The van der Waals surface area contributed by atoms with Crippen LogP contribution in [0.5, 0.6) is 0 Å². The molecule has 14 heavy (non-hydrogen) atoms. The fourth-order valence-corrected chi connectivity index (χ4v) is 2.23. The standard InChI is InChI=1S/C12H16O2/c1-9-12(14-9,11(2,3)13)10-7-5-4-6-8-10/h4-9,13H,1-3H3/t9-,12-/m0/s1. The highest BCUT2D eigenvalue weighted by atomic mass is 16.6. The minimum atomic E-state index is -0.840. The highest BCUT2D eigenvalue weighted by Gasteiger charge is 2.63. The fourth-order valence-electron chi connectivity index (χ4n) is 2.23. The van der Waals surface area contributed by atoms with Crippen LogP contribution < -0.4 is 0 Å². The van der Waals surface area contributed by atoms with Crippen molar-refractivity contribution in [2.75, 3.05) is 0 Å². The summed E-state index contributed by atoms with van der Waals surface area (Å²) in [7, 11) is 0. The van der Waals surface area contributed by atoms with Crippen molar-refractivity contribution in [1.82, 2.24) is 0 Å². The number of rotatable bonds is 2. The third-order valence-corrected chi connectivity index (χ3v) is 2.99. The van der Waals surface area contributed by atoms with Crippen LogP contribution in [0.25, 0.3) is 0 Å². The Kier molecular flexibility index (Phi) is 1.95. The van der Waals surface area contributed by atoms with Crippen LogP contribution >= 0.6 is 0 Å². The van der Waals surface area contributed by atoms with Crippen LogP contribution in [-0.4, -0.2) is 16.8 Å². The SMILES string of the molecule is C[C@@H]1O[C@@]1(c1ccccc1)C(C)(C)O. The van der Waals surface area contributed by atoms with E-state index in [1.165, 1.54) is 0 Å². The largest absolute Gasteiger partial charge is 0.387 e. The quantitative estimate of drug-likeness (QED) is 0.728. The summed E-state index contributed by atoms with van der Waals surface area (Å²) >= 11 is 0. The number of benzene rings is 1. The van der Waals surface area contributed by atoms with Crippen molar-refractivity contribution < 1.29 is 9.84 Å². The van der Waals surface area contributed by atoms with Gasteiger partial charge in [-0.05, 0) is 26.3 Å². The minimum Gasteiger partial charge on any atom is -0.387 e. The zero-order valence-corrected chi connectivity index (χ0v) is 8.82. The van der Waals surface area contributed by atoms with Crippen molar-refractivity contribution in [3.63, 3.8) is 0 Å². The summed E-state index contributed by atoms with van der Waals surface area (Å²) < 4.78 is 5.60. The Bertz CT molecular complexity index is 326. The third kappa shape index (κ3) is 1.18. The van der Waals surface area contributed by atoms with Gasteiger partial charge < -0.3 is 9.84 Å². The maximum Gasteiger partial charge on any atom is 0.147 e. The molecule has 1 fully saturated rings. The number of ether oxygens (including phenoxy) is 1. The van der Waals surface area contributed by atoms with Gasteiger partial charge in [-0.2, -0.15) is 0 Å². The van der Waals surface area contributed by atoms with Crippen molar-refractivity contribution >= 4 is 0 Å². The summed E-state index contributed by atoms with van der Waals surface area (Å²) in [5.41, 5.74) is -0.290. The normalized spacial score (nSPS) is 31.6. The van der Waals surface area contributed by atoms with Crippen molar-refractivity contribution in [3.05, 3.63) is 35.9 Å². The molecule has 1 heterocycles. The molecule has 1 aliphatic heterocycles. The first-order valence-corrected chi connectivity index (χ1v) is 4.94. The van der Waals surface area contributed by atoms with E-state index in [2.05, 4.69) is 0 Å². The van der Waals surface area contributed by atoms with Crippen molar-refractivity contribution in [2.24, 2.45) is 0 Å². The first kappa shape index (κ1) is 9.69. The number of aliphatic hydroxyl groups is 1. The van der Waals surface area contributed by atoms with Gasteiger partial charge >= 0.3 is 0 Å². The Morgan fingerprint density at radius 1 is 1.29 bits per heavy atom. The lowest BCUT2D eigenvalue weighted by atomic mass is 9.82. The van der Waals surface area contributed by atoms with E-state index in [1.54, 1.807) is 13.8 Å². The predicted octanol–water partition coefficient (Wildman–Crippen LogP) is 2.07. The van der Waals surface area contributed by atoms with E-state index in [9.17, 15) is 5.11 Å².